The van der Waals surface area contributed by atoms with Crippen molar-refractivity contribution in [2.75, 3.05) is 18.5 Å². The first-order valence-electron chi connectivity index (χ1n) is 11.4. The molecule has 1 aliphatic heterocycles. The van der Waals surface area contributed by atoms with Gasteiger partial charge in [0.05, 0.1) is 17.2 Å². The monoisotopic (exact) mass is 497 g/mol. The van der Waals surface area contributed by atoms with Crippen molar-refractivity contribution in [3.8, 4) is 0 Å². The van der Waals surface area contributed by atoms with Crippen LogP contribution < -0.4 is 16.8 Å². The minimum atomic E-state index is -0.699. The standard InChI is InChI=1S/C25H28ClN5O4/c26-17-5-3-4-15(10-17)16(8-9-32)11-23(33)22-12-18(27)13-31(22)25(35)29-20-14-30(24(28)34)21-7-2-1-6-19(20)21/h1-7,10,14,16,18,22,32H,8-9,11-13,27H2,(H2,28,34)(H,29,35)/t16?,18-,22-/m0/s1. The smallest absolute Gasteiger partial charge is 0.323 e. The number of aliphatic hydroxyl groups excluding tert-OH is 1. The maximum absolute atomic E-state index is 13.4. The number of likely N-dealkylation sites (tertiary alicyclic amines) is 1. The van der Waals surface area contributed by atoms with Crippen molar-refractivity contribution in [3.05, 3.63) is 65.3 Å². The van der Waals surface area contributed by atoms with Gasteiger partial charge in [0.25, 0.3) is 0 Å². The first kappa shape index (κ1) is 24.7. The highest BCUT2D eigenvalue weighted by atomic mass is 35.5. The molecule has 0 bridgehead atoms. The highest BCUT2D eigenvalue weighted by Gasteiger charge is 2.39. The summed E-state index contributed by atoms with van der Waals surface area (Å²) in [4.78, 5) is 39.9. The van der Waals surface area contributed by atoms with Crippen molar-refractivity contribution in [3.63, 3.8) is 0 Å². The van der Waals surface area contributed by atoms with E-state index in [0.29, 0.717) is 34.5 Å². The highest BCUT2D eigenvalue weighted by Crippen LogP contribution is 2.30. The largest absolute Gasteiger partial charge is 0.396 e. The Kier molecular flexibility index (Phi) is 7.39. The van der Waals surface area contributed by atoms with Crippen molar-refractivity contribution in [2.45, 2.75) is 37.3 Å². The van der Waals surface area contributed by atoms with Crippen LogP contribution in [0.4, 0.5) is 15.3 Å². The number of para-hydroxylation sites is 1. The lowest BCUT2D eigenvalue weighted by atomic mass is 9.88. The van der Waals surface area contributed by atoms with E-state index in [0.717, 1.165) is 5.56 Å². The summed E-state index contributed by atoms with van der Waals surface area (Å²) >= 11 is 6.12. The summed E-state index contributed by atoms with van der Waals surface area (Å²) in [5.74, 6) is -0.368. The second kappa shape index (κ2) is 10.5. The lowest BCUT2D eigenvalue weighted by molar-refractivity contribution is -0.123. The normalized spacial score (nSPS) is 18.5. The number of Topliss-reactive ketones (excluding diaryl/α,β-unsaturated/α-hetero) is 1. The molecule has 3 amide bonds. The second-order valence-corrected chi connectivity index (χ2v) is 9.23. The number of nitrogens with one attached hydrogen (secondary N) is 1. The van der Waals surface area contributed by atoms with Crippen molar-refractivity contribution >= 4 is 46.0 Å². The van der Waals surface area contributed by atoms with E-state index in [1.165, 1.54) is 15.7 Å². The molecule has 3 aromatic rings. The number of nitrogens with two attached hydrogens (primary N) is 2. The molecule has 6 N–H and O–H groups in total. The summed E-state index contributed by atoms with van der Waals surface area (Å²) in [7, 11) is 0. The van der Waals surface area contributed by atoms with E-state index in [1.54, 1.807) is 42.5 Å². The quantitative estimate of drug-likeness (QED) is 0.396. The summed E-state index contributed by atoms with van der Waals surface area (Å²) in [6, 6.07) is 12.1. The van der Waals surface area contributed by atoms with Crippen LogP contribution in [0.5, 0.6) is 0 Å². The van der Waals surface area contributed by atoms with E-state index in [-0.39, 0.29) is 37.3 Å². The van der Waals surface area contributed by atoms with Gasteiger partial charge in [0.2, 0.25) is 0 Å². The van der Waals surface area contributed by atoms with E-state index in [9.17, 15) is 19.5 Å². The van der Waals surface area contributed by atoms with Gasteiger partial charge in [-0.3, -0.25) is 9.36 Å². The third-order valence-corrected chi connectivity index (χ3v) is 6.64. The number of primary amides is 1. The number of ketones is 1. The Morgan fingerprint density at radius 3 is 2.66 bits per heavy atom. The van der Waals surface area contributed by atoms with Gasteiger partial charge < -0.3 is 26.8 Å². The minimum Gasteiger partial charge on any atom is -0.396 e. The zero-order chi connectivity index (χ0) is 25.1. The molecule has 2 aromatic carbocycles. The van der Waals surface area contributed by atoms with Crippen LogP contribution in [0.3, 0.4) is 0 Å². The number of carbonyl (C=O) groups is 3. The Labute approximate surface area is 207 Å². The van der Waals surface area contributed by atoms with Crippen LogP contribution >= 0.6 is 11.6 Å². The number of halogens is 1. The van der Waals surface area contributed by atoms with Crippen molar-refractivity contribution < 1.29 is 19.5 Å². The van der Waals surface area contributed by atoms with Crippen LogP contribution in [0, 0.1) is 0 Å². The molecule has 3 atom stereocenters. The molecule has 0 spiro atoms. The fourth-order valence-corrected chi connectivity index (χ4v) is 4.93. The van der Waals surface area contributed by atoms with Gasteiger partial charge in [-0.1, -0.05) is 41.9 Å². The van der Waals surface area contributed by atoms with Crippen LogP contribution in [0.25, 0.3) is 10.9 Å². The van der Waals surface area contributed by atoms with E-state index in [2.05, 4.69) is 5.32 Å². The molecule has 10 heteroatoms. The van der Waals surface area contributed by atoms with Crippen molar-refractivity contribution in [1.29, 1.82) is 0 Å². The number of anilines is 1. The number of urea groups is 1. The number of aromatic nitrogens is 1. The molecule has 0 aliphatic carbocycles. The lowest BCUT2D eigenvalue weighted by Crippen LogP contribution is -2.43. The number of aliphatic hydroxyl groups is 1. The molecule has 1 aromatic heterocycles. The average Bonchev–Trinajstić information content (AvgIpc) is 3.40. The molecule has 1 unspecified atom stereocenters. The summed E-state index contributed by atoms with van der Waals surface area (Å²) in [5.41, 5.74) is 13.4. The first-order chi connectivity index (χ1) is 16.8. The second-order valence-electron chi connectivity index (χ2n) is 8.80. The third kappa shape index (κ3) is 5.32. The maximum atomic E-state index is 13.4. The Morgan fingerprint density at radius 2 is 1.94 bits per heavy atom. The Hall–Kier alpha value is -3.40. The molecule has 0 saturated carbocycles. The average molecular weight is 498 g/mol. The Bertz CT molecular complexity index is 1260. The van der Waals surface area contributed by atoms with E-state index in [1.807, 2.05) is 6.07 Å². The maximum Gasteiger partial charge on any atom is 0.323 e. The number of hydrogen-bond acceptors (Lipinski definition) is 5. The van der Waals surface area contributed by atoms with Gasteiger partial charge in [0, 0.05) is 42.2 Å². The van der Waals surface area contributed by atoms with Gasteiger partial charge in [-0.15, -0.1) is 0 Å². The summed E-state index contributed by atoms with van der Waals surface area (Å²) < 4.78 is 1.26. The summed E-state index contributed by atoms with van der Waals surface area (Å²) in [5, 5.41) is 13.6. The fourth-order valence-electron chi connectivity index (χ4n) is 4.73. The zero-order valence-electron chi connectivity index (χ0n) is 19.1. The molecule has 184 valence electrons. The third-order valence-electron chi connectivity index (χ3n) is 6.40. The van der Waals surface area contributed by atoms with E-state index < -0.39 is 18.1 Å². The summed E-state index contributed by atoms with van der Waals surface area (Å²) in [6.45, 7) is 0.140. The molecule has 1 saturated heterocycles. The summed E-state index contributed by atoms with van der Waals surface area (Å²) in [6.07, 6.45) is 2.34. The molecule has 1 aliphatic rings. The van der Waals surface area contributed by atoms with Gasteiger partial charge in [0.15, 0.2) is 5.78 Å². The SMILES string of the molecule is NC(=O)n1cc(NC(=O)N2C[C@@H](N)C[C@H]2C(=O)CC(CCO)c2cccc(Cl)c2)c2ccccc21. The van der Waals surface area contributed by atoms with Crippen LogP contribution in [-0.2, 0) is 4.79 Å². The first-order valence-corrected chi connectivity index (χ1v) is 11.8. The minimum absolute atomic E-state index is 0.0806. The number of amides is 3. The molecular formula is C25H28ClN5O4. The number of rotatable bonds is 7. The number of benzene rings is 2. The van der Waals surface area contributed by atoms with Crippen molar-refractivity contribution in [1.82, 2.24) is 9.47 Å². The van der Waals surface area contributed by atoms with Gasteiger partial charge in [0.1, 0.15) is 0 Å². The van der Waals surface area contributed by atoms with E-state index >= 15 is 0 Å². The number of hydrogen-bond donors (Lipinski definition) is 4. The molecule has 2 heterocycles. The van der Waals surface area contributed by atoms with Gasteiger partial charge >= 0.3 is 12.1 Å². The van der Waals surface area contributed by atoms with Gasteiger partial charge in [-0.05, 0) is 42.5 Å². The van der Waals surface area contributed by atoms with Crippen LogP contribution in [-0.4, -0.2) is 57.7 Å². The predicted octanol–water partition coefficient (Wildman–Crippen LogP) is 3.28. The lowest BCUT2D eigenvalue weighted by Gasteiger charge is -2.25. The van der Waals surface area contributed by atoms with Crippen molar-refractivity contribution in [2.24, 2.45) is 11.5 Å². The molecule has 1 fully saturated rings. The Balaban J connectivity index is 1.54. The van der Waals surface area contributed by atoms with Gasteiger partial charge in [-0.2, -0.15) is 0 Å². The Morgan fingerprint density at radius 1 is 1.17 bits per heavy atom. The topological polar surface area (TPSA) is 144 Å². The predicted molar refractivity (Wildman–Crippen MR) is 135 cm³/mol. The van der Waals surface area contributed by atoms with Gasteiger partial charge in [-0.25, -0.2) is 9.59 Å². The van der Waals surface area contributed by atoms with Crippen LogP contribution in [0.1, 0.15) is 30.7 Å². The van der Waals surface area contributed by atoms with Crippen LogP contribution in [0.2, 0.25) is 5.02 Å². The number of fused-ring (bicyclic) bond motifs is 1. The molecule has 0 radical (unpaired) electrons. The molecule has 4 rings (SSSR count). The zero-order valence-corrected chi connectivity index (χ0v) is 19.8. The van der Waals surface area contributed by atoms with E-state index in [4.69, 9.17) is 23.1 Å². The number of carbonyl (C=O) groups excluding carboxylic acids is 3. The number of nitrogens with zero attached hydrogens (tertiary/aromatic N) is 2. The fraction of sp³-hybridized carbons (Fsp3) is 0.320. The van der Waals surface area contributed by atoms with Crippen LogP contribution in [0.15, 0.2) is 54.7 Å². The molecular weight excluding hydrogens is 470 g/mol. The molecule has 35 heavy (non-hydrogen) atoms. The molecule has 9 nitrogen and oxygen atoms in total. The highest BCUT2D eigenvalue weighted by molar-refractivity contribution is 6.30.